The molecule has 0 aromatic heterocycles. The Morgan fingerprint density at radius 1 is 1.40 bits per heavy atom. The lowest BCUT2D eigenvalue weighted by Gasteiger charge is -2.27. The van der Waals surface area contributed by atoms with Crippen LogP contribution in [0.25, 0.3) is 0 Å². The van der Waals surface area contributed by atoms with Crippen LogP contribution < -0.4 is 0 Å². The minimum Gasteiger partial charge on any atom is -0.467 e. The van der Waals surface area contributed by atoms with E-state index in [4.69, 9.17) is 4.74 Å². The Morgan fingerprint density at radius 2 is 1.90 bits per heavy atom. The van der Waals surface area contributed by atoms with Crippen LogP contribution in [0.4, 0.5) is 4.79 Å². The Morgan fingerprint density at radius 3 is 2.30 bits per heavy atom. The monoisotopic (exact) mass is 287 g/mol. The minimum atomic E-state index is -0.963. The van der Waals surface area contributed by atoms with Gasteiger partial charge in [-0.15, -0.1) is 6.58 Å². The number of aliphatic hydroxyl groups excluding tert-OH is 1. The lowest BCUT2D eigenvalue weighted by molar-refractivity contribution is -0.148. The number of nitrogens with zero attached hydrogens (tertiary/aromatic N) is 1. The number of hydrogen-bond acceptors (Lipinski definition) is 5. The minimum absolute atomic E-state index is 0.288. The van der Waals surface area contributed by atoms with Gasteiger partial charge < -0.3 is 14.6 Å². The Labute approximate surface area is 120 Å². The first-order valence-corrected chi connectivity index (χ1v) is 6.50. The molecule has 0 saturated carbocycles. The molecule has 1 saturated heterocycles. The number of hydrogen-bond donors (Lipinski definition) is 1. The fourth-order valence-electron chi connectivity index (χ4n) is 1.71. The number of methoxy groups -OCH3 is 1. The van der Waals surface area contributed by atoms with E-state index in [1.165, 1.54) is 12.0 Å². The number of amides is 1. The van der Waals surface area contributed by atoms with Gasteiger partial charge in [0.05, 0.1) is 13.2 Å². The third-order valence-electron chi connectivity index (χ3n) is 2.44. The number of aliphatic hydroxyl groups is 1. The molecule has 116 valence electrons. The van der Waals surface area contributed by atoms with E-state index in [2.05, 4.69) is 11.3 Å². The van der Waals surface area contributed by atoms with E-state index in [1.807, 2.05) is 6.92 Å². The molecule has 1 amide bonds. The van der Waals surface area contributed by atoms with Crippen LogP contribution >= 0.6 is 0 Å². The van der Waals surface area contributed by atoms with Crippen molar-refractivity contribution in [3.8, 4) is 0 Å². The highest BCUT2D eigenvalue weighted by Crippen LogP contribution is 2.22. The Hall–Kier alpha value is -1.56. The lowest BCUT2D eigenvalue weighted by Crippen LogP contribution is -2.47. The number of carbonyl (C=O) groups is 2. The summed E-state index contributed by atoms with van der Waals surface area (Å²) in [6, 6.07) is -0.963. The van der Waals surface area contributed by atoms with Crippen molar-refractivity contribution < 1.29 is 24.2 Å². The molecule has 0 radical (unpaired) electrons. The number of likely N-dealkylation sites (tertiary alicyclic amines) is 1. The average Bonchev–Trinajstić information content (AvgIpc) is 2.69. The quantitative estimate of drug-likeness (QED) is 0.587. The normalized spacial score (nSPS) is 21.6. The van der Waals surface area contributed by atoms with E-state index >= 15 is 0 Å². The maximum atomic E-state index is 11.8. The number of carbonyl (C=O) groups excluding carboxylic acids is 2. The first-order chi connectivity index (χ1) is 9.17. The molecule has 2 atom stereocenters. The van der Waals surface area contributed by atoms with Gasteiger partial charge in [0.25, 0.3) is 0 Å². The summed E-state index contributed by atoms with van der Waals surface area (Å²) >= 11 is 0. The van der Waals surface area contributed by atoms with Crippen molar-refractivity contribution in [3.63, 3.8) is 0 Å². The van der Waals surface area contributed by atoms with Crippen LogP contribution in [-0.4, -0.2) is 53.5 Å². The summed E-state index contributed by atoms with van der Waals surface area (Å²) in [4.78, 5) is 24.5. The van der Waals surface area contributed by atoms with Crippen molar-refractivity contribution in [1.29, 1.82) is 0 Å². The van der Waals surface area contributed by atoms with Crippen molar-refractivity contribution in [2.24, 2.45) is 0 Å². The zero-order chi connectivity index (χ0) is 15.9. The Kier molecular flexibility index (Phi) is 7.28. The molecule has 1 heterocycles. The molecule has 20 heavy (non-hydrogen) atoms. The third kappa shape index (κ3) is 5.61. The molecule has 1 N–H and O–H groups in total. The van der Waals surface area contributed by atoms with Crippen molar-refractivity contribution in [2.75, 3.05) is 13.7 Å². The van der Waals surface area contributed by atoms with Crippen LogP contribution in [0, 0.1) is 0 Å². The standard InChI is InChI=1S/C11H19NO5.C3H6/c1-11(2,3)17-10(15)12-6-5-7(13)8(12)9(14)16-4;1-3-2/h7-8,13H,5-6H2,1-4H3;3H,1H2,2H3/t7-,8?;/m1./s1. The molecule has 1 rings (SSSR count). The summed E-state index contributed by atoms with van der Waals surface area (Å²) in [5.74, 6) is -0.624. The molecule has 0 spiro atoms. The highest BCUT2D eigenvalue weighted by Gasteiger charge is 2.43. The maximum Gasteiger partial charge on any atom is 0.411 e. The van der Waals surface area contributed by atoms with Gasteiger partial charge in [-0.25, -0.2) is 9.59 Å². The fraction of sp³-hybridized carbons (Fsp3) is 0.714. The van der Waals surface area contributed by atoms with Crippen molar-refractivity contribution in [2.45, 2.75) is 51.9 Å². The lowest BCUT2D eigenvalue weighted by atomic mass is 10.2. The van der Waals surface area contributed by atoms with Gasteiger partial charge in [-0.05, 0) is 34.1 Å². The molecule has 1 fully saturated rings. The first-order valence-electron chi connectivity index (χ1n) is 6.50. The average molecular weight is 287 g/mol. The Balaban J connectivity index is 0.00000110. The van der Waals surface area contributed by atoms with Gasteiger partial charge in [0, 0.05) is 6.54 Å². The van der Waals surface area contributed by atoms with Crippen molar-refractivity contribution in [1.82, 2.24) is 4.90 Å². The van der Waals surface area contributed by atoms with Gasteiger partial charge in [0.15, 0.2) is 6.04 Å². The van der Waals surface area contributed by atoms with E-state index < -0.39 is 29.8 Å². The van der Waals surface area contributed by atoms with E-state index in [0.29, 0.717) is 6.42 Å². The second-order valence-electron chi connectivity index (χ2n) is 5.41. The SMILES string of the molecule is C=CC.COC(=O)C1[C@H](O)CCN1C(=O)OC(C)(C)C. The Bertz CT molecular complexity index is 348. The number of ether oxygens (including phenoxy) is 2. The summed E-state index contributed by atoms with van der Waals surface area (Å²) in [5.41, 5.74) is -0.634. The smallest absolute Gasteiger partial charge is 0.411 e. The maximum absolute atomic E-state index is 11.8. The highest BCUT2D eigenvalue weighted by molar-refractivity contribution is 5.82. The van der Waals surface area contributed by atoms with Gasteiger partial charge in [0.1, 0.15) is 5.60 Å². The number of rotatable bonds is 1. The molecular formula is C14H25NO5. The summed E-state index contributed by atoms with van der Waals surface area (Å²) in [5, 5.41) is 9.66. The fourth-order valence-corrected chi connectivity index (χ4v) is 1.71. The van der Waals surface area contributed by atoms with Crippen LogP contribution in [0.1, 0.15) is 34.1 Å². The number of allylic oxidation sites excluding steroid dienone is 1. The van der Waals surface area contributed by atoms with Gasteiger partial charge in [-0.3, -0.25) is 4.90 Å². The van der Waals surface area contributed by atoms with Crippen LogP contribution in [0.5, 0.6) is 0 Å². The van der Waals surface area contributed by atoms with E-state index in [0.717, 1.165) is 0 Å². The number of esters is 1. The molecule has 1 aliphatic heterocycles. The zero-order valence-corrected chi connectivity index (χ0v) is 12.9. The predicted octanol–water partition coefficient (Wildman–Crippen LogP) is 1.72. The predicted molar refractivity (Wildman–Crippen MR) is 75.2 cm³/mol. The first kappa shape index (κ1) is 18.4. The third-order valence-corrected chi connectivity index (χ3v) is 2.44. The second kappa shape index (κ2) is 7.89. The van der Waals surface area contributed by atoms with Crippen LogP contribution in [0.15, 0.2) is 12.7 Å². The zero-order valence-electron chi connectivity index (χ0n) is 12.9. The molecule has 6 nitrogen and oxygen atoms in total. The van der Waals surface area contributed by atoms with Gasteiger partial charge in [-0.1, -0.05) is 6.08 Å². The molecule has 0 aliphatic carbocycles. The molecule has 0 aromatic carbocycles. The summed E-state index contributed by atoms with van der Waals surface area (Å²) in [7, 11) is 1.22. The van der Waals surface area contributed by atoms with E-state index in [1.54, 1.807) is 26.8 Å². The molecule has 6 heteroatoms. The summed E-state index contributed by atoms with van der Waals surface area (Å²) < 4.78 is 9.73. The van der Waals surface area contributed by atoms with Crippen molar-refractivity contribution in [3.05, 3.63) is 12.7 Å². The second-order valence-corrected chi connectivity index (χ2v) is 5.41. The van der Waals surface area contributed by atoms with E-state index in [9.17, 15) is 14.7 Å². The molecule has 0 bridgehead atoms. The summed E-state index contributed by atoms with van der Waals surface area (Å²) in [6.45, 7) is 10.8. The molecule has 1 aliphatic rings. The van der Waals surface area contributed by atoms with Crippen LogP contribution in [0.2, 0.25) is 0 Å². The summed E-state index contributed by atoms with van der Waals surface area (Å²) in [6.07, 6.45) is 0.596. The van der Waals surface area contributed by atoms with E-state index in [-0.39, 0.29) is 6.54 Å². The highest BCUT2D eigenvalue weighted by atomic mass is 16.6. The van der Waals surface area contributed by atoms with Gasteiger partial charge in [0.2, 0.25) is 0 Å². The van der Waals surface area contributed by atoms with Gasteiger partial charge >= 0.3 is 12.1 Å². The molecular weight excluding hydrogens is 262 g/mol. The van der Waals surface area contributed by atoms with Crippen LogP contribution in [0.3, 0.4) is 0 Å². The van der Waals surface area contributed by atoms with Gasteiger partial charge in [-0.2, -0.15) is 0 Å². The van der Waals surface area contributed by atoms with Crippen LogP contribution in [-0.2, 0) is 14.3 Å². The topological polar surface area (TPSA) is 76.1 Å². The largest absolute Gasteiger partial charge is 0.467 e. The van der Waals surface area contributed by atoms with Crippen molar-refractivity contribution >= 4 is 12.1 Å². The molecule has 0 aromatic rings. The molecule has 1 unspecified atom stereocenters.